The van der Waals surface area contributed by atoms with Crippen LogP contribution in [0.25, 0.3) is 11.5 Å². The molecule has 0 spiro atoms. The Kier molecular flexibility index (Phi) is 5.52. The van der Waals surface area contributed by atoms with Crippen molar-refractivity contribution >= 4 is 11.6 Å². The third-order valence-electron chi connectivity index (χ3n) is 2.77. The highest BCUT2D eigenvalue weighted by atomic mass is 35.5. The topological polar surface area (TPSA) is 54.2 Å². The Morgan fingerprint density at radius 2 is 2.15 bits per heavy atom. The van der Waals surface area contributed by atoms with Gasteiger partial charge in [0.1, 0.15) is 0 Å². The molecule has 0 amide bonds. The molecule has 1 aromatic carbocycles. The van der Waals surface area contributed by atoms with E-state index >= 15 is 0 Å². The van der Waals surface area contributed by atoms with Crippen molar-refractivity contribution in [2.24, 2.45) is 0 Å². The summed E-state index contributed by atoms with van der Waals surface area (Å²) in [6.07, 6.45) is 1.09. The van der Waals surface area contributed by atoms with E-state index in [0.717, 1.165) is 25.1 Å². The van der Waals surface area contributed by atoms with Crippen LogP contribution in [0.1, 0.15) is 12.3 Å². The van der Waals surface area contributed by atoms with Gasteiger partial charge in [0.15, 0.2) is 0 Å². The van der Waals surface area contributed by atoms with Gasteiger partial charge >= 0.3 is 0 Å². The summed E-state index contributed by atoms with van der Waals surface area (Å²) < 4.78 is 5.60. The lowest BCUT2D eigenvalue weighted by molar-refractivity contribution is 0.390. The molecule has 2 rings (SSSR count). The molecule has 6 heteroatoms. The van der Waals surface area contributed by atoms with E-state index < -0.39 is 0 Å². The minimum absolute atomic E-state index is 0.498. The lowest BCUT2D eigenvalue weighted by Crippen LogP contribution is -2.21. The molecule has 2 aromatic rings. The lowest BCUT2D eigenvalue weighted by Gasteiger charge is -2.08. The van der Waals surface area contributed by atoms with E-state index in [1.54, 1.807) is 0 Å². The van der Waals surface area contributed by atoms with Crippen LogP contribution in [0.15, 0.2) is 28.7 Å². The molecule has 0 atom stereocenters. The lowest BCUT2D eigenvalue weighted by atomic mass is 10.2. The third kappa shape index (κ3) is 4.59. The number of aromatic nitrogens is 2. The largest absolute Gasteiger partial charge is 0.419 e. The van der Waals surface area contributed by atoms with Gasteiger partial charge in [0, 0.05) is 10.6 Å². The van der Waals surface area contributed by atoms with Crippen LogP contribution in [0.5, 0.6) is 0 Å². The van der Waals surface area contributed by atoms with Crippen LogP contribution >= 0.6 is 11.6 Å². The van der Waals surface area contributed by atoms with E-state index in [2.05, 4.69) is 34.5 Å². The summed E-state index contributed by atoms with van der Waals surface area (Å²) in [4.78, 5) is 2.16. The summed E-state index contributed by atoms with van der Waals surface area (Å²) in [6, 6.07) is 7.38. The van der Waals surface area contributed by atoms with E-state index in [-0.39, 0.29) is 0 Å². The summed E-state index contributed by atoms with van der Waals surface area (Å²) in [5, 5.41) is 12.0. The van der Waals surface area contributed by atoms with Crippen LogP contribution in [0.4, 0.5) is 0 Å². The number of halogens is 1. The van der Waals surface area contributed by atoms with E-state index in [9.17, 15) is 0 Å². The number of nitrogens with zero attached hydrogens (tertiary/aromatic N) is 3. The molecule has 20 heavy (non-hydrogen) atoms. The van der Waals surface area contributed by atoms with Crippen LogP contribution in [0, 0.1) is 0 Å². The molecule has 5 nitrogen and oxygen atoms in total. The average Bonchev–Trinajstić information content (AvgIpc) is 2.87. The zero-order valence-corrected chi connectivity index (χ0v) is 12.5. The molecule has 0 unspecified atom stereocenters. The summed E-state index contributed by atoms with van der Waals surface area (Å²) in [7, 11) is 4.13. The highest BCUT2D eigenvalue weighted by Crippen LogP contribution is 2.21. The van der Waals surface area contributed by atoms with Gasteiger partial charge in [-0.1, -0.05) is 17.7 Å². The Bertz CT molecular complexity index is 541. The molecule has 0 saturated carbocycles. The maximum absolute atomic E-state index is 5.94. The third-order valence-corrected chi connectivity index (χ3v) is 3.01. The molecular formula is C14H19ClN4O. The molecule has 1 N–H and O–H groups in total. The second kappa shape index (κ2) is 7.38. The molecule has 0 fully saturated rings. The van der Waals surface area contributed by atoms with Gasteiger partial charge in [-0.05, 0) is 51.8 Å². The second-order valence-corrected chi connectivity index (χ2v) is 5.28. The van der Waals surface area contributed by atoms with Gasteiger partial charge in [-0.25, -0.2) is 0 Å². The SMILES string of the molecule is CN(C)CCCNCc1nnc(-c2cccc(Cl)c2)o1. The average molecular weight is 295 g/mol. The van der Waals surface area contributed by atoms with Gasteiger partial charge in [-0.2, -0.15) is 0 Å². The molecule has 0 saturated heterocycles. The molecule has 108 valence electrons. The first-order chi connectivity index (χ1) is 9.65. The monoisotopic (exact) mass is 294 g/mol. The van der Waals surface area contributed by atoms with Crippen molar-refractivity contribution in [1.82, 2.24) is 20.4 Å². The second-order valence-electron chi connectivity index (χ2n) is 4.84. The van der Waals surface area contributed by atoms with Crippen molar-refractivity contribution in [1.29, 1.82) is 0 Å². The van der Waals surface area contributed by atoms with E-state index in [1.165, 1.54) is 0 Å². The van der Waals surface area contributed by atoms with Crippen LogP contribution in [-0.2, 0) is 6.54 Å². The highest BCUT2D eigenvalue weighted by molar-refractivity contribution is 6.30. The van der Waals surface area contributed by atoms with Crippen LogP contribution < -0.4 is 5.32 Å². The Morgan fingerprint density at radius 3 is 2.90 bits per heavy atom. The van der Waals surface area contributed by atoms with Crippen molar-refractivity contribution in [3.05, 3.63) is 35.2 Å². The molecule has 0 aliphatic heterocycles. The van der Waals surface area contributed by atoms with Gasteiger partial charge < -0.3 is 14.6 Å². The normalized spacial score (nSPS) is 11.2. The molecule has 0 radical (unpaired) electrons. The van der Waals surface area contributed by atoms with Gasteiger partial charge in [0.25, 0.3) is 0 Å². The Hall–Kier alpha value is -1.43. The Morgan fingerprint density at radius 1 is 1.30 bits per heavy atom. The summed E-state index contributed by atoms with van der Waals surface area (Å²) in [5.41, 5.74) is 0.837. The minimum atomic E-state index is 0.498. The maximum Gasteiger partial charge on any atom is 0.247 e. The minimum Gasteiger partial charge on any atom is -0.419 e. The molecule has 0 bridgehead atoms. The number of rotatable bonds is 7. The fourth-order valence-electron chi connectivity index (χ4n) is 1.78. The van der Waals surface area contributed by atoms with Crippen molar-refractivity contribution in [2.45, 2.75) is 13.0 Å². The quantitative estimate of drug-likeness (QED) is 0.795. The van der Waals surface area contributed by atoms with Crippen molar-refractivity contribution in [3.63, 3.8) is 0 Å². The van der Waals surface area contributed by atoms with Crippen molar-refractivity contribution in [2.75, 3.05) is 27.2 Å². The Labute approximate surface area is 123 Å². The number of nitrogens with one attached hydrogen (secondary N) is 1. The van der Waals surface area contributed by atoms with E-state index in [1.807, 2.05) is 24.3 Å². The zero-order valence-electron chi connectivity index (χ0n) is 11.8. The molecule has 1 aromatic heterocycles. The van der Waals surface area contributed by atoms with Gasteiger partial charge in [0.2, 0.25) is 11.8 Å². The highest BCUT2D eigenvalue weighted by Gasteiger charge is 2.08. The van der Waals surface area contributed by atoms with Crippen molar-refractivity contribution < 1.29 is 4.42 Å². The standard InChI is InChI=1S/C14H19ClN4O/c1-19(2)8-4-7-16-10-13-17-18-14(20-13)11-5-3-6-12(15)9-11/h3,5-6,9,16H,4,7-8,10H2,1-2H3. The van der Waals surface area contributed by atoms with Crippen LogP contribution in [0.3, 0.4) is 0 Å². The first-order valence-corrected chi connectivity index (χ1v) is 6.97. The first kappa shape index (κ1) is 15.0. The summed E-state index contributed by atoms with van der Waals surface area (Å²) in [6.45, 7) is 2.57. The zero-order chi connectivity index (χ0) is 14.4. The van der Waals surface area contributed by atoms with Gasteiger partial charge in [0.05, 0.1) is 6.54 Å². The number of hydrogen-bond donors (Lipinski definition) is 1. The Balaban J connectivity index is 1.83. The number of benzene rings is 1. The molecule has 0 aliphatic carbocycles. The molecule has 1 heterocycles. The summed E-state index contributed by atoms with van der Waals surface area (Å²) in [5.74, 6) is 1.09. The first-order valence-electron chi connectivity index (χ1n) is 6.59. The van der Waals surface area contributed by atoms with Gasteiger partial charge in [-0.15, -0.1) is 10.2 Å². The van der Waals surface area contributed by atoms with E-state index in [0.29, 0.717) is 23.3 Å². The smallest absolute Gasteiger partial charge is 0.247 e. The fraction of sp³-hybridized carbons (Fsp3) is 0.429. The molecular weight excluding hydrogens is 276 g/mol. The summed E-state index contributed by atoms with van der Waals surface area (Å²) >= 11 is 5.94. The van der Waals surface area contributed by atoms with Crippen LogP contribution in [-0.4, -0.2) is 42.3 Å². The molecule has 0 aliphatic rings. The fourth-order valence-corrected chi connectivity index (χ4v) is 1.97. The maximum atomic E-state index is 5.94. The predicted octanol–water partition coefficient (Wildman–Crippen LogP) is 2.43. The number of hydrogen-bond acceptors (Lipinski definition) is 5. The van der Waals surface area contributed by atoms with Gasteiger partial charge in [-0.3, -0.25) is 0 Å². The van der Waals surface area contributed by atoms with Crippen molar-refractivity contribution in [3.8, 4) is 11.5 Å². The van der Waals surface area contributed by atoms with E-state index in [4.69, 9.17) is 16.0 Å². The van der Waals surface area contributed by atoms with Crippen LogP contribution in [0.2, 0.25) is 5.02 Å². The predicted molar refractivity (Wildman–Crippen MR) is 79.6 cm³/mol.